The summed E-state index contributed by atoms with van der Waals surface area (Å²) in [6, 6.07) is 3.31. The van der Waals surface area contributed by atoms with Crippen LogP contribution in [0.25, 0.3) is 0 Å². The van der Waals surface area contributed by atoms with Gasteiger partial charge in [-0.2, -0.15) is 0 Å². The van der Waals surface area contributed by atoms with Gasteiger partial charge in [0.25, 0.3) is 0 Å². The van der Waals surface area contributed by atoms with Crippen molar-refractivity contribution < 1.29 is 18.6 Å². The highest BCUT2D eigenvalue weighted by Gasteiger charge is 2.34. The van der Waals surface area contributed by atoms with Crippen molar-refractivity contribution >= 4 is 5.97 Å². The van der Waals surface area contributed by atoms with Gasteiger partial charge in [0.1, 0.15) is 6.04 Å². The Labute approximate surface area is 133 Å². The maximum Gasteiger partial charge on any atom is 0.324 e. The number of carbonyl (C=O) groups is 1. The molecule has 0 aromatic carbocycles. The van der Waals surface area contributed by atoms with E-state index >= 15 is 0 Å². The van der Waals surface area contributed by atoms with Crippen LogP contribution in [-0.4, -0.2) is 58.4 Å². The molecule has 23 heavy (non-hydrogen) atoms. The third-order valence-electron chi connectivity index (χ3n) is 3.85. The monoisotopic (exact) mass is 320 g/mol. The minimum absolute atomic E-state index is 0.214. The van der Waals surface area contributed by atoms with Crippen LogP contribution >= 0.6 is 0 Å². The van der Waals surface area contributed by atoms with Gasteiger partial charge in [0, 0.05) is 31.8 Å². The first-order valence-electron chi connectivity index (χ1n) is 7.68. The molecule has 0 amide bonds. The molecule has 0 saturated carbocycles. The normalized spacial score (nSPS) is 19.8. The zero-order valence-electron chi connectivity index (χ0n) is 13.1. The maximum absolute atomic E-state index is 12.3. The molecular weight excluding hydrogens is 300 g/mol. The predicted octanol–water partition coefficient (Wildman–Crippen LogP) is 0.912. The van der Waals surface area contributed by atoms with Crippen LogP contribution in [0.3, 0.4) is 0 Å². The summed E-state index contributed by atoms with van der Waals surface area (Å²) in [5.41, 5.74) is 0. The Bertz CT molecular complexity index is 599. The van der Waals surface area contributed by atoms with E-state index in [-0.39, 0.29) is 12.0 Å². The van der Waals surface area contributed by atoms with Crippen molar-refractivity contribution in [2.45, 2.75) is 26.1 Å². The molecule has 2 aromatic rings. The van der Waals surface area contributed by atoms with Crippen molar-refractivity contribution in [3.63, 3.8) is 0 Å². The average Bonchev–Trinajstić information content (AvgIpc) is 3.23. The number of ether oxygens (including phenoxy) is 1. The van der Waals surface area contributed by atoms with E-state index in [0.29, 0.717) is 26.2 Å². The molecule has 0 spiro atoms. The summed E-state index contributed by atoms with van der Waals surface area (Å²) in [6.45, 7) is 5.49. The summed E-state index contributed by atoms with van der Waals surface area (Å²) in [4.78, 5) is 16.5. The number of carbonyl (C=O) groups excluding carboxylic acids is 1. The van der Waals surface area contributed by atoms with E-state index in [9.17, 15) is 4.79 Å². The van der Waals surface area contributed by atoms with Crippen LogP contribution in [0.1, 0.15) is 18.4 Å². The van der Waals surface area contributed by atoms with E-state index in [0.717, 1.165) is 24.6 Å². The van der Waals surface area contributed by atoms with Crippen molar-refractivity contribution in [1.82, 2.24) is 20.1 Å². The Morgan fingerprint density at radius 3 is 2.52 bits per heavy atom. The van der Waals surface area contributed by atoms with E-state index in [1.54, 1.807) is 12.4 Å². The molecule has 1 atom stereocenters. The number of aromatic nitrogens is 2. The quantitative estimate of drug-likeness (QED) is 0.726. The van der Waals surface area contributed by atoms with Gasteiger partial charge in [0.05, 0.1) is 32.1 Å². The molecule has 3 rings (SSSR count). The summed E-state index contributed by atoms with van der Waals surface area (Å²) in [7, 11) is 0. The third kappa shape index (κ3) is 3.96. The second kappa shape index (κ2) is 7.38. The van der Waals surface area contributed by atoms with Crippen molar-refractivity contribution in [2.75, 3.05) is 26.2 Å². The fraction of sp³-hybridized carbons (Fsp3) is 0.533. The third-order valence-corrected chi connectivity index (χ3v) is 3.85. The summed E-state index contributed by atoms with van der Waals surface area (Å²) in [5, 5.41) is 7.42. The van der Waals surface area contributed by atoms with Gasteiger partial charge in [-0.25, -0.2) is 0 Å². The molecule has 2 aromatic heterocycles. The SMILES string of the molecule is CCOC(=O)[C@H]1CN(Cc2ccno2)CCN1Cc1ccno1. The van der Waals surface area contributed by atoms with Crippen molar-refractivity contribution in [1.29, 1.82) is 0 Å². The fourth-order valence-electron chi connectivity index (χ4n) is 2.74. The number of piperazine rings is 1. The highest BCUT2D eigenvalue weighted by molar-refractivity contribution is 5.76. The first-order chi connectivity index (χ1) is 11.3. The van der Waals surface area contributed by atoms with Crippen molar-refractivity contribution in [3.8, 4) is 0 Å². The standard InChI is InChI=1S/C15H20N4O4/c1-2-21-15(20)14-11-18(9-12-3-5-16-22-12)7-8-19(14)10-13-4-6-17-23-13/h3-6,14H,2,7-11H2,1H3/t14-/m1/s1. The largest absolute Gasteiger partial charge is 0.465 e. The topological polar surface area (TPSA) is 84.8 Å². The van der Waals surface area contributed by atoms with Gasteiger partial charge >= 0.3 is 5.97 Å². The molecular formula is C15H20N4O4. The Kier molecular flexibility index (Phi) is 5.04. The summed E-state index contributed by atoms with van der Waals surface area (Å²) < 4.78 is 15.5. The first-order valence-corrected chi connectivity index (χ1v) is 7.68. The van der Waals surface area contributed by atoms with Gasteiger partial charge in [-0.1, -0.05) is 10.3 Å². The van der Waals surface area contributed by atoms with E-state index in [2.05, 4.69) is 20.1 Å². The zero-order chi connectivity index (χ0) is 16.1. The van der Waals surface area contributed by atoms with Gasteiger partial charge in [0.2, 0.25) is 0 Å². The van der Waals surface area contributed by atoms with Crippen LogP contribution in [0.2, 0.25) is 0 Å². The summed E-state index contributed by atoms with van der Waals surface area (Å²) in [5.74, 6) is 1.31. The molecule has 0 N–H and O–H groups in total. The number of hydrogen-bond acceptors (Lipinski definition) is 8. The highest BCUT2D eigenvalue weighted by atomic mass is 16.5. The van der Waals surface area contributed by atoms with Gasteiger partial charge in [-0.15, -0.1) is 0 Å². The maximum atomic E-state index is 12.3. The summed E-state index contributed by atoms with van der Waals surface area (Å²) in [6.07, 6.45) is 3.23. The van der Waals surface area contributed by atoms with Crippen LogP contribution in [-0.2, 0) is 22.6 Å². The zero-order valence-corrected chi connectivity index (χ0v) is 13.1. The molecule has 1 fully saturated rings. The minimum Gasteiger partial charge on any atom is -0.465 e. The average molecular weight is 320 g/mol. The molecule has 1 saturated heterocycles. The Morgan fingerprint density at radius 1 is 1.22 bits per heavy atom. The Balaban J connectivity index is 1.67. The van der Waals surface area contributed by atoms with Crippen LogP contribution in [0.4, 0.5) is 0 Å². The lowest BCUT2D eigenvalue weighted by molar-refractivity contribution is -0.152. The van der Waals surface area contributed by atoms with E-state index < -0.39 is 0 Å². The highest BCUT2D eigenvalue weighted by Crippen LogP contribution is 2.17. The summed E-state index contributed by atoms with van der Waals surface area (Å²) >= 11 is 0. The van der Waals surface area contributed by atoms with Crippen LogP contribution < -0.4 is 0 Å². The van der Waals surface area contributed by atoms with Crippen molar-refractivity contribution in [3.05, 3.63) is 36.0 Å². The smallest absolute Gasteiger partial charge is 0.324 e. The van der Waals surface area contributed by atoms with Crippen molar-refractivity contribution in [2.24, 2.45) is 0 Å². The van der Waals surface area contributed by atoms with Gasteiger partial charge in [0.15, 0.2) is 11.5 Å². The lowest BCUT2D eigenvalue weighted by atomic mass is 10.1. The second-order valence-corrected chi connectivity index (χ2v) is 5.43. The van der Waals surface area contributed by atoms with E-state index in [1.807, 2.05) is 19.1 Å². The van der Waals surface area contributed by atoms with Gasteiger partial charge in [-0.05, 0) is 6.92 Å². The Hall–Kier alpha value is -2.19. The van der Waals surface area contributed by atoms with E-state index in [1.165, 1.54) is 0 Å². The number of hydrogen-bond donors (Lipinski definition) is 0. The molecule has 3 heterocycles. The number of nitrogens with zero attached hydrogens (tertiary/aromatic N) is 4. The molecule has 0 bridgehead atoms. The molecule has 0 radical (unpaired) electrons. The lowest BCUT2D eigenvalue weighted by Crippen LogP contribution is -2.56. The van der Waals surface area contributed by atoms with Crippen LogP contribution in [0, 0.1) is 0 Å². The fourth-order valence-corrected chi connectivity index (χ4v) is 2.74. The second-order valence-electron chi connectivity index (χ2n) is 5.43. The lowest BCUT2D eigenvalue weighted by Gasteiger charge is -2.39. The van der Waals surface area contributed by atoms with Gasteiger partial charge < -0.3 is 13.8 Å². The predicted molar refractivity (Wildman–Crippen MR) is 79.1 cm³/mol. The molecule has 1 aliphatic heterocycles. The molecule has 0 aliphatic carbocycles. The Morgan fingerprint density at radius 2 is 1.91 bits per heavy atom. The molecule has 1 aliphatic rings. The molecule has 0 unspecified atom stereocenters. The van der Waals surface area contributed by atoms with E-state index in [4.69, 9.17) is 13.8 Å². The molecule has 8 nitrogen and oxygen atoms in total. The van der Waals surface area contributed by atoms with Crippen LogP contribution in [0.15, 0.2) is 33.6 Å². The number of esters is 1. The van der Waals surface area contributed by atoms with Crippen LogP contribution in [0.5, 0.6) is 0 Å². The minimum atomic E-state index is -0.336. The first kappa shape index (κ1) is 15.7. The molecule has 124 valence electrons. The van der Waals surface area contributed by atoms with Gasteiger partial charge in [-0.3, -0.25) is 14.6 Å². The molecule has 8 heteroatoms. The number of rotatable bonds is 6.